The minimum Gasteiger partial charge on any atom is -0.495 e. The van der Waals surface area contributed by atoms with Crippen molar-refractivity contribution in [2.24, 2.45) is 0 Å². The van der Waals surface area contributed by atoms with Crippen molar-refractivity contribution in [1.82, 2.24) is 0 Å². The van der Waals surface area contributed by atoms with Crippen molar-refractivity contribution in [3.63, 3.8) is 0 Å². The molecule has 1 aliphatic rings. The van der Waals surface area contributed by atoms with E-state index in [4.69, 9.17) is 16.3 Å². The average molecular weight is 433 g/mol. The Bertz CT molecular complexity index is 1200. The van der Waals surface area contributed by atoms with Gasteiger partial charge >= 0.3 is 0 Å². The number of hydrogen-bond acceptors (Lipinski definition) is 4. The summed E-state index contributed by atoms with van der Waals surface area (Å²) < 4.78 is 5.43. The highest BCUT2D eigenvalue weighted by Gasteiger charge is 2.41. The molecule has 0 spiro atoms. The second-order valence-corrected chi connectivity index (χ2v) is 7.81. The number of ether oxygens (including phenoxy) is 1. The van der Waals surface area contributed by atoms with Crippen molar-refractivity contribution in [3.8, 4) is 5.75 Å². The third-order valence-electron chi connectivity index (χ3n) is 5.11. The molecule has 3 aromatic carbocycles. The number of nitrogens with one attached hydrogen (secondary N) is 1. The van der Waals surface area contributed by atoms with Gasteiger partial charge in [-0.2, -0.15) is 0 Å². The van der Waals surface area contributed by atoms with E-state index in [-0.39, 0.29) is 11.3 Å². The number of halogens is 1. The van der Waals surface area contributed by atoms with E-state index in [0.29, 0.717) is 27.7 Å². The lowest BCUT2D eigenvalue weighted by molar-refractivity contribution is -0.120. The van der Waals surface area contributed by atoms with Gasteiger partial charge in [-0.25, -0.2) is 4.90 Å². The molecule has 5 nitrogen and oxygen atoms in total. The van der Waals surface area contributed by atoms with Crippen LogP contribution in [-0.4, -0.2) is 18.9 Å². The molecule has 1 N–H and O–H groups in total. The summed E-state index contributed by atoms with van der Waals surface area (Å²) in [6, 6.07) is 19.9. The van der Waals surface area contributed by atoms with Crippen molar-refractivity contribution >= 4 is 40.4 Å². The van der Waals surface area contributed by atoms with Gasteiger partial charge in [0.25, 0.3) is 11.8 Å². The second kappa shape index (κ2) is 8.28. The van der Waals surface area contributed by atoms with Crippen molar-refractivity contribution in [2.75, 3.05) is 17.3 Å². The van der Waals surface area contributed by atoms with Crippen LogP contribution in [0.3, 0.4) is 0 Å². The van der Waals surface area contributed by atoms with Crippen LogP contribution in [0.4, 0.5) is 11.4 Å². The van der Waals surface area contributed by atoms with Crippen LogP contribution in [0.15, 0.2) is 72.4 Å². The Morgan fingerprint density at radius 2 is 1.48 bits per heavy atom. The predicted molar refractivity (Wildman–Crippen MR) is 123 cm³/mol. The molecular formula is C25H21ClN2O3. The number of carbonyl (C=O) groups excluding carboxylic acids is 2. The zero-order valence-corrected chi connectivity index (χ0v) is 18.2. The third kappa shape index (κ3) is 3.92. The Labute approximate surface area is 185 Å². The summed E-state index contributed by atoms with van der Waals surface area (Å²) in [6.45, 7) is 3.88. The average Bonchev–Trinajstić information content (AvgIpc) is 3.00. The number of benzene rings is 3. The van der Waals surface area contributed by atoms with Crippen LogP contribution in [0.1, 0.15) is 16.7 Å². The first-order valence-corrected chi connectivity index (χ1v) is 10.1. The van der Waals surface area contributed by atoms with E-state index in [1.165, 1.54) is 7.11 Å². The van der Waals surface area contributed by atoms with Crippen LogP contribution in [0.25, 0.3) is 5.57 Å². The minimum atomic E-state index is -0.445. The van der Waals surface area contributed by atoms with Crippen LogP contribution in [-0.2, 0) is 9.59 Å². The molecule has 0 aromatic heterocycles. The smallest absolute Gasteiger partial charge is 0.282 e. The fraction of sp³-hybridized carbons (Fsp3) is 0.120. The molecule has 0 aliphatic carbocycles. The van der Waals surface area contributed by atoms with Gasteiger partial charge in [0.2, 0.25) is 0 Å². The fourth-order valence-corrected chi connectivity index (χ4v) is 3.63. The normalized spacial score (nSPS) is 13.7. The Morgan fingerprint density at radius 3 is 2.13 bits per heavy atom. The number of rotatable bonds is 5. The standard InChI is InChI=1S/C25H21ClN2O3/c1-15-4-11-19(12-5-15)27-23-22(17-7-9-18(26)10-8-17)24(29)28(25(23)30)20-14-16(2)6-13-21(20)31-3/h4-14,27H,1-3H3. The Balaban J connectivity index is 1.85. The van der Waals surface area contributed by atoms with Crippen LogP contribution in [0, 0.1) is 13.8 Å². The van der Waals surface area contributed by atoms with Crippen LogP contribution >= 0.6 is 11.6 Å². The van der Waals surface area contributed by atoms with E-state index in [0.717, 1.165) is 16.0 Å². The zero-order valence-electron chi connectivity index (χ0n) is 17.4. The van der Waals surface area contributed by atoms with E-state index < -0.39 is 11.8 Å². The molecule has 0 fully saturated rings. The number of imide groups is 1. The largest absolute Gasteiger partial charge is 0.495 e. The molecule has 156 valence electrons. The molecule has 1 heterocycles. The Morgan fingerprint density at radius 1 is 0.839 bits per heavy atom. The lowest BCUT2D eigenvalue weighted by Crippen LogP contribution is -2.32. The number of methoxy groups -OCH3 is 1. The van der Waals surface area contributed by atoms with Crippen molar-refractivity contribution in [2.45, 2.75) is 13.8 Å². The van der Waals surface area contributed by atoms with Gasteiger partial charge in [-0.1, -0.05) is 47.5 Å². The molecule has 0 atom stereocenters. The Hall–Kier alpha value is -3.57. The lowest BCUT2D eigenvalue weighted by atomic mass is 10.0. The molecule has 3 aromatic rings. The second-order valence-electron chi connectivity index (χ2n) is 7.37. The van der Waals surface area contributed by atoms with Gasteiger partial charge in [-0.05, 0) is 61.4 Å². The maximum atomic E-state index is 13.6. The summed E-state index contributed by atoms with van der Waals surface area (Å²) in [7, 11) is 1.51. The highest BCUT2D eigenvalue weighted by atomic mass is 35.5. The monoisotopic (exact) mass is 432 g/mol. The van der Waals surface area contributed by atoms with E-state index >= 15 is 0 Å². The van der Waals surface area contributed by atoms with E-state index in [2.05, 4.69) is 5.32 Å². The number of nitrogens with zero attached hydrogens (tertiary/aromatic N) is 1. The summed E-state index contributed by atoms with van der Waals surface area (Å²) in [5.74, 6) is -0.426. The zero-order chi connectivity index (χ0) is 22.1. The molecule has 4 rings (SSSR count). The summed E-state index contributed by atoms with van der Waals surface area (Å²) in [6.07, 6.45) is 0. The molecule has 6 heteroatoms. The number of carbonyl (C=O) groups is 2. The summed E-state index contributed by atoms with van der Waals surface area (Å²) in [5, 5.41) is 3.70. The summed E-state index contributed by atoms with van der Waals surface area (Å²) in [4.78, 5) is 28.2. The van der Waals surface area contributed by atoms with Gasteiger partial charge in [0, 0.05) is 10.7 Å². The molecule has 0 saturated heterocycles. The number of aryl methyl sites for hydroxylation is 2. The highest BCUT2D eigenvalue weighted by Crippen LogP contribution is 2.38. The quantitative estimate of drug-likeness (QED) is 0.551. The van der Waals surface area contributed by atoms with Crippen LogP contribution in [0.5, 0.6) is 5.75 Å². The lowest BCUT2D eigenvalue weighted by Gasteiger charge is -2.19. The summed E-state index contributed by atoms with van der Waals surface area (Å²) in [5.41, 5.74) is 4.22. The van der Waals surface area contributed by atoms with Crippen molar-refractivity contribution in [3.05, 3.63) is 94.1 Å². The predicted octanol–water partition coefficient (Wildman–Crippen LogP) is 5.36. The number of anilines is 2. The first-order chi connectivity index (χ1) is 14.9. The van der Waals surface area contributed by atoms with Gasteiger partial charge in [0.05, 0.1) is 18.4 Å². The van der Waals surface area contributed by atoms with Gasteiger partial charge in [-0.3, -0.25) is 9.59 Å². The van der Waals surface area contributed by atoms with Crippen LogP contribution in [0.2, 0.25) is 5.02 Å². The number of hydrogen-bond donors (Lipinski definition) is 1. The van der Waals surface area contributed by atoms with Gasteiger partial charge in [0.15, 0.2) is 0 Å². The summed E-state index contributed by atoms with van der Waals surface area (Å²) >= 11 is 6.04. The van der Waals surface area contributed by atoms with E-state index in [1.807, 2.05) is 44.2 Å². The molecule has 0 radical (unpaired) electrons. The molecule has 0 bridgehead atoms. The third-order valence-corrected chi connectivity index (χ3v) is 5.36. The minimum absolute atomic E-state index is 0.208. The van der Waals surface area contributed by atoms with Crippen LogP contribution < -0.4 is 15.0 Å². The van der Waals surface area contributed by atoms with E-state index in [1.54, 1.807) is 36.4 Å². The van der Waals surface area contributed by atoms with Gasteiger partial charge in [-0.15, -0.1) is 0 Å². The molecule has 31 heavy (non-hydrogen) atoms. The first-order valence-electron chi connectivity index (χ1n) is 9.76. The molecular weight excluding hydrogens is 412 g/mol. The molecule has 0 saturated carbocycles. The Kier molecular flexibility index (Phi) is 5.53. The fourth-order valence-electron chi connectivity index (χ4n) is 3.50. The van der Waals surface area contributed by atoms with Gasteiger partial charge in [0.1, 0.15) is 11.4 Å². The van der Waals surface area contributed by atoms with Crippen molar-refractivity contribution in [1.29, 1.82) is 0 Å². The van der Waals surface area contributed by atoms with E-state index in [9.17, 15) is 9.59 Å². The maximum Gasteiger partial charge on any atom is 0.282 e. The molecule has 1 aliphatic heterocycles. The van der Waals surface area contributed by atoms with Crippen molar-refractivity contribution < 1.29 is 14.3 Å². The molecule has 0 unspecified atom stereocenters. The number of amides is 2. The van der Waals surface area contributed by atoms with Gasteiger partial charge < -0.3 is 10.1 Å². The highest BCUT2D eigenvalue weighted by molar-refractivity contribution is 6.46. The SMILES string of the molecule is COc1ccc(C)cc1N1C(=O)C(Nc2ccc(C)cc2)=C(c2ccc(Cl)cc2)C1=O. The topological polar surface area (TPSA) is 58.6 Å². The first kappa shape index (κ1) is 20.7. The maximum absolute atomic E-state index is 13.6. The molecule has 2 amide bonds.